The molecule has 1 unspecified atom stereocenters. The highest BCUT2D eigenvalue weighted by Gasteiger charge is 2.42. The molecule has 2 fully saturated rings. The molecule has 33 heavy (non-hydrogen) atoms. The third-order valence-corrected chi connectivity index (χ3v) is 6.11. The van der Waals surface area contributed by atoms with Crippen molar-refractivity contribution in [3.63, 3.8) is 0 Å². The first-order valence-electron chi connectivity index (χ1n) is 10.6. The Bertz CT molecular complexity index is 1010. The summed E-state index contributed by atoms with van der Waals surface area (Å²) in [6.45, 7) is 2.15. The first-order valence-corrected chi connectivity index (χ1v) is 10.6. The van der Waals surface area contributed by atoms with Gasteiger partial charge in [-0.05, 0) is 29.8 Å². The zero-order valence-electron chi connectivity index (χ0n) is 17.6. The molecule has 2 heterocycles. The second-order valence-corrected chi connectivity index (χ2v) is 8.34. The lowest BCUT2D eigenvalue weighted by molar-refractivity contribution is -0.137. The highest BCUT2D eigenvalue weighted by molar-refractivity contribution is 5.70. The zero-order chi connectivity index (χ0) is 23.6. The van der Waals surface area contributed by atoms with Gasteiger partial charge in [0.1, 0.15) is 11.7 Å². The number of amides is 1. The predicted octanol–water partition coefficient (Wildman–Crippen LogP) is 5.07. The highest BCUT2D eigenvalue weighted by atomic mass is 19.4. The molecule has 0 aromatic heterocycles. The van der Waals surface area contributed by atoms with Gasteiger partial charge in [-0.2, -0.15) is 17.6 Å². The van der Waals surface area contributed by atoms with Crippen LogP contribution in [0.3, 0.4) is 0 Å². The van der Waals surface area contributed by atoms with Gasteiger partial charge in [-0.3, -0.25) is 0 Å². The minimum absolute atomic E-state index is 0.218. The first-order chi connectivity index (χ1) is 15.7. The van der Waals surface area contributed by atoms with Gasteiger partial charge in [0, 0.05) is 38.9 Å². The maximum atomic E-state index is 14.2. The molecule has 0 saturated carbocycles. The van der Waals surface area contributed by atoms with E-state index >= 15 is 0 Å². The van der Waals surface area contributed by atoms with Crippen LogP contribution in [0.2, 0.25) is 0 Å². The fraction of sp³-hybridized carbons (Fsp3) is 0.435. The Morgan fingerprint density at radius 3 is 2.52 bits per heavy atom. The summed E-state index contributed by atoms with van der Waals surface area (Å²) in [4.78, 5) is 13.5. The Morgan fingerprint density at radius 2 is 1.85 bits per heavy atom. The van der Waals surface area contributed by atoms with Gasteiger partial charge in [0.2, 0.25) is 5.82 Å². The van der Waals surface area contributed by atoms with Gasteiger partial charge in [-0.1, -0.05) is 18.2 Å². The van der Waals surface area contributed by atoms with E-state index in [4.69, 9.17) is 9.47 Å². The molecule has 10 heteroatoms. The monoisotopic (exact) mass is 470 g/mol. The summed E-state index contributed by atoms with van der Waals surface area (Å²) in [7, 11) is 0. The van der Waals surface area contributed by atoms with Crippen LogP contribution < -0.4 is 10.1 Å². The van der Waals surface area contributed by atoms with Crippen molar-refractivity contribution in [2.24, 2.45) is 0 Å². The van der Waals surface area contributed by atoms with Crippen LogP contribution in [0.15, 0.2) is 42.5 Å². The predicted molar refractivity (Wildman–Crippen MR) is 109 cm³/mol. The summed E-state index contributed by atoms with van der Waals surface area (Å²) in [6, 6.07) is 8.12. The number of nitrogens with one attached hydrogen (secondary N) is 1. The second kappa shape index (κ2) is 9.17. The SMILES string of the molecule is O=C1NCC2(CCN(CCC(Oc3cccc(F)c3F)c3cccc(C(F)(F)F)c3)CC2)O1. The Labute approximate surface area is 187 Å². The van der Waals surface area contributed by atoms with Crippen molar-refractivity contribution in [1.82, 2.24) is 10.2 Å². The Kier molecular flexibility index (Phi) is 6.47. The van der Waals surface area contributed by atoms with E-state index in [0.717, 1.165) is 18.2 Å². The lowest BCUT2D eigenvalue weighted by atomic mass is 9.91. The van der Waals surface area contributed by atoms with E-state index in [2.05, 4.69) is 10.2 Å². The molecular weight excluding hydrogens is 447 g/mol. The third kappa shape index (κ3) is 5.38. The minimum Gasteiger partial charge on any atom is -0.482 e. The van der Waals surface area contributed by atoms with E-state index in [9.17, 15) is 26.7 Å². The van der Waals surface area contributed by atoms with Crippen LogP contribution >= 0.6 is 0 Å². The molecule has 1 amide bonds. The maximum Gasteiger partial charge on any atom is 0.416 e. The van der Waals surface area contributed by atoms with E-state index in [-0.39, 0.29) is 17.7 Å². The van der Waals surface area contributed by atoms with Crippen LogP contribution in [-0.4, -0.2) is 42.8 Å². The number of carbonyl (C=O) groups excluding carboxylic acids is 1. The summed E-state index contributed by atoms with van der Waals surface area (Å²) >= 11 is 0. The number of likely N-dealkylation sites (tertiary alicyclic amines) is 1. The number of carbonyl (C=O) groups is 1. The highest BCUT2D eigenvalue weighted by Crippen LogP contribution is 2.34. The molecule has 178 valence electrons. The van der Waals surface area contributed by atoms with Gasteiger partial charge in [0.05, 0.1) is 12.1 Å². The van der Waals surface area contributed by atoms with Crippen molar-refractivity contribution >= 4 is 6.09 Å². The fourth-order valence-electron chi connectivity index (χ4n) is 4.20. The molecule has 1 atom stereocenters. The Morgan fingerprint density at radius 1 is 1.12 bits per heavy atom. The number of ether oxygens (including phenoxy) is 2. The quantitative estimate of drug-likeness (QED) is 0.600. The number of nitrogens with zero attached hydrogens (tertiary/aromatic N) is 1. The van der Waals surface area contributed by atoms with E-state index in [1.165, 1.54) is 24.3 Å². The summed E-state index contributed by atoms with van der Waals surface area (Å²) in [5.74, 6) is -2.65. The number of halogens is 5. The largest absolute Gasteiger partial charge is 0.482 e. The molecule has 1 spiro atoms. The van der Waals surface area contributed by atoms with Gasteiger partial charge >= 0.3 is 12.3 Å². The van der Waals surface area contributed by atoms with Crippen LogP contribution in [0.4, 0.5) is 26.7 Å². The Hall–Kier alpha value is -2.88. The number of piperidine rings is 1. The van der Waals surface area contributed by atoms with E-state index in [1.54, 1.807) is 0 Å². The number of alkyl carbamates (subject to hydrolysis) is 1. The van der Waals surface area contributed by atoms with Gasteiger partial charge in [0.25, 0.3) is 0 Å². The van der Waals surface area contributed by atoms with Gasteiger partial charge in [-0.25, -0.2) is 9.18 Å². The molecule has 4 rings (SSSR count). The molecular formula is C23H23F5N2O3. The average molecular weight is 470 g/mol. The molecule has 0 bridgehead atoms. The molecule has 0 aliphatic carbocycles. The zero-order valence-corrected chi connectivity index (χ0v) is 17.6. The van der Waals surface area contributed by atoms with E-state index in [0.29, 0.717) is 39.0 Å². The minimum atomic E-state index is -4.54. The molecule has 2 aliphatic rings. The lowest BCUT2D eigenvalue weighted by Crippen LogP contribution is -2.47. The van der Waals surface area contributed by atoms with Crippen molar-refractivity contribution in [2.45, 2.75) is 37.1 Å². The summed E-state index contributed by atoms with van der Waals surface area (Å²) in [5.41, 5.74) is -1.14. The van der Waals surface area contributed by atoms with Crippen LogP contribution in [0.25, 0.3) is 0 Å². The van der Waals surface area contributed by atoms with Gasteiger partial charge in [0.15, 0.2) is 11.6 Å². The maximum absolute atomic E-state index is 14.2. The molecule has 2 aliphatic heterocycles. The number of benzene rings is 2. The number of rotatable bonds is 6. The normalized spacial score (nSPS) is 19.2. The smallest absolute Gasteiger partial charge is 0.416 e. The number of hydrogen-bond acceptors (Lipinski definition) is 4. The molecule has 2 aromatic carbocycles. The third-order valence-electron chi connectivity index (χ3n) is 6.11. The van der Waals surface area contributed by atoms with Gasteiger partial charge in [-0.15, -0.1) is 0 Å². The van der Waals surface area contributed by atoms with Crippen molar-refractivity contribution in [1.29, 1.82) is 0 Å². The summed E-state index contributed by atoms with van der Waals surface area (Å²) < 4.78 is 78.6. The van der Waals surface area contributed by atoms with E-state index < -0.39 is 41.2 Å². The number of alkyl halides is 3. The van der Waals surface area contributed by atoms with Crippen molar-refractivity contribution < 1.29 is 36.2 Å². The fourth-order valence-corrected chi connectivity index (χ4v) is 4.20. The summed E-state index contributed by atoms with van der Waals surface area (Å²) in [6.07, 6.45) is -4.40. The van der Waals surface area contributed by atoms with E-state index in [1.807, 2.05) is 0 Å². The van der Waals surface area contributed by atoms with Gasteiger partial charge < -0.3 is 19.7 Å². The van der Waals surface area contributed by atoms with Crippen LogP contribution in [0.5, 0.6) is 5.75 Å². The molecule has 5 nitrogen and oxygen atoms in total. The average Bonchev–Trinajstić information content (AvgIpc) is 3.14. The Balaban J connectivity index is 1.49. The number of hydrogen-bond donors (Lipinski definition) is 1. The molecule has 0 radical (unpaired) electrons. The lowest BCUT2D eigenvalue weighted by Gasteiger charge is -2.37. The molecule has 2 saturated heterocycles. The van der Waals surface area contributed by atoms with Crippen molar-refractivity contribution in [2.75, 3.05) is 26.2 Å². The second-order valence-electron chi connectivity index (χ2n) is 8.34. The van der Waals surface area contributed by atoms with Crippen molar-refractivity contribution in [3.05, 3.63) is 65.2 Å². The standard InChI is InChI=1S/C23H23F5N2O3/c24-17-5-2-6-19(20(17)25)32-18(15-3-1-4-16(13-15)23(26,27)28)7-10-30-11-8-22(9-12-30)14-29-21(31)33-22/h1-6,13,18H,7-12,14H2,(H,29,31). The van der Waals surface area contributed by atoms with Crippen LogP contribution in [0.1, 0.15) is 36.5 Å². The first kappa shape index (κ1) is 23.3. The van der Waals surface area contributed by atoms with Crippen molar-refractivity contribution in [3.8, 4) is 5.75 Å². The van der Waals surface area contributed by atoms with Crippen LogP contribution in [0, 0.1) is 11.6 Å². The molecule has 2 aromatic rings. The topological polar surface area (TPSA) is 50.8 Å². The summed E-state index contributed by atoms with van der Waals surface area (Å²) in [5, 5.41) is 2.66. The van der Waals surface area contributed by atoms with Crippen LogP contribution in [-0.2, 0) is 10.9 Å². The molecule has 1 N–H and O–H groups in total.